The van der Waals surface area contributed by atoms with Gasteiger partial charge in [-0.15, -0.1) is 0 Å². The Morgan fingerprint density at radius 2 is 2.05 bits per heavy atom. The second kappa shape index (κ2) is 6.73. The Hall–Kier alpha value is -2.32. The van der Waals surface area contributed by atoms with Gasteiger partial charge in [0, 0.05) is 17.7 Å². The number of carbonyl (C=O) groups is 2. The van der Waals surface area contributed by atoms with Crippen LogP contribution in [0.25, 0.3) is 0 Å². The fourth-order valence-electron chi connectivity index (χ4n) is 1.38. The van der Waals surface area contributed by atoms with Crippen molar-refractivity contribution in [2.24, 2.45) is 16.9 Å². The van der Waals surface area contributed by atoms with Gasteiger partial charge < -0.3 is 16.8 Å². The van der Waals surface area contributed by atoms with E-state index in [2.05, 4.69) is 17.2 Å². The van der Waals surface area contributed by atoms with E-state index in [4.69, 9.17) is 11.5 Å². The molecule has 1 aromatic rings. The molecular formula is C15H19N3O2. The maximum Gasteiger partial charge on any atom is 0.251 e. The van der Waals surface area contributed by atoms with Crippen LogP contribution in [0.2, 0.25) is 0 Å². The van der Waals surface area contributed by atoms with Crippen molar-refractivity contribution in [3.8, 4) is 11.8 Å². The number of nitrogens with one attached hydrogen (secondary N) is 1. The van der Waals surface area contributed by atoms with E-state index in [1.165, 1.54) is 0 Å². The smallest absolute Gasteiger partial charge is 0.251 e. The van der Waals surface area contributed by atoms with Crippen molar-refractivity contribution in [1.82, 2.24) is 5.32 Å². The van der Waals surface area contributed by atoms with Gasteiger partial charge in [-0.3, -0.25) is 9.59 Å². The normalized spacial score (nSPS) is 10.3. The molecule has 5 nitrogen and oxygen atoms in total. The van der Waals surface area contributed by atoms with Crippen molar-refractivity contribution in [3.63, 3.8) is 0 Å². The maximum absolute atomic E-state index is 12.0. The van der Waals surface area contributed by atoms with E-state index in [0.29, 0.717) is 5.56 Å². The molecule has 0 aliphatic heterocycles. The molecule has 0 spiro atoms. The van der Waals surface area contributed by atoms with E-state index in [0.717, 1.165) is 5.56 Å². The summed E-state index contributed by atoms with van der Waals surface area (Å²) in [4.78, 5) is 23.2. The van der Waals surface area contributed by atoms with Crippen LogP contribution in [0.1, 0.15) is 29.8 Å². The van der Waals surface area contributed by atoms with Gasteiger partial charge in [0.2, 0.25) is 5.91 Å². The first-order valence-corrected chi connectivity index (χ1v) is 6.24. The third kappa shape index (κ3) is 4.41. The highest BCUT2D eigenvalue weighted by Crippen LogP contribution is 2.12. The van der Waals surface area contributed by atoms with Crippen LogP contribution in [0.4, 0.5) is 0 Å². The second-order valence-corrected chi connectivity index (χ2v) is 5.02. The van der Waals surface area contributed by atoms with E-state index < -0.39 is 11.3 Å². The van der Waals surface area contributed by atoms with Crippen LogP contribution in [0.15, 0.2) is 24.3 Å². The summed E-state index contributed by atoms with van der Waals surface area (Å²) in [7, 11) is 0. The fraction of sp³-hybridized carbons (Fsp3) is 0.333. The van der Waals surface area contributed by atoms with Crippen molar-refractivity contribution in [3.05, 3.63) is 35.4 Å². The lowest BCUT2D eigenvalue weighted by atomic mass is 9.92. The molecule has 0 unspecified atom stereocenters. The van der Waals surface area contributed by atoms with Crippen molar-refractivity contribution >= 4 is 11.8 Å². The third-order valence-corrected chi connectivity index (χ3v) is 2.82. The summed E-state index contributed by atoms with van der Waals surface area (Å²) in [6.07, 6.45) is 0. The largest absolute Gasteiger partial charge is 0.369 e. The number of carbonyl (C=O) groups excluding carboxylic acids is 2. The van der Waals surface area contributed by atoms with E-state index in [1.54, 1.807) is 38.1 Å². The summed E-state index contributed by atoms with van der Waals surface area (Å²) in [5.41, 5.74) is 11.0. The second-order valence-electron chi connectivity index (χ2n) is 5.02. The van der Waals surface area contributed by atoms with Gasteiger partial charge in [-0.2, -0.15) is 0 Å². The first kappa shape index (κ1) is 15.7. The Morgan fingerprint density at radius 1 is 1.35 bits per heavy atom. The van der Waals surface area contributed by atoms with E-state index >= 15 is 0 Å². The molecule has 1 rings (SSSR count). The van der Waals surface area contributed by atoms with Gasteiger partial charge in [0.05, 0.1) is 12.0 Å². The molecule has 0 bridgehead atoms. The molecule has 0 radical (unpaired) electrons. The molecule has 5 heteroatoms. The summed E-state index contributed by atoms with van der Waals surface area (Å²) >= 11 is 0. The van der Waals surface area contributed by atoms with E-state index in [9.17, 15) is 9.59 Å². The molecule has 20 heavy (non-hydrogen) atoms. The average molecular weight is 273 g/mol. The number of primary amides is 1. The summed E-state index contributed by atoms with van der Waals surface area (Å²) in [5.74, 6) is 4.86. The van der Waals surface area contributed by atoms with Gasteiger partial charge in [-0.25, -0.2) is 0 Å². The number of nitrogens with two attached hydrogens (primary N) is 2. The van der Waals surface area contributed by atoms with Crippen LogP contribution in [0, 0.1) is 17.3 Å². The Labute approximate surface area is 118 Å². The fourth-order valence-corrected chi connectivity index (χ4v) is 1.38. The molecule has 0 aliphatic carbocycles. The van der Waals surface area contributed by atoms with Crippen molar-refractivity contribution < 1.29 is 9.59 Å². The first-order valence-electron chi connectivity index (χ1n) is 6.24. The van der Waals surface area contributed by atoms with Crippen molar-refractivity contribution in [1.29, 1.82) is 0 Å². The van der Waals surface area contributed by atoms with Gasteiger partial charge in [0.25, 0.3) is 5.91 Å². The molecule has 0 heterocycles. The molecule has 0 saturated heterocycles. The van der Waals surface area contributed by atoms with Crippen LogP contribution in [0.3, 0.4) is 0 Å². The highest BCUT2D eigenvalue weighted by Gasteiger charge is 2.25. The maximum atomic E-state index is 12.0. The summed E-state index contributed by atoms with van der Waals surface area (Å²) in [6.45, 7) is 3.81. The van der Waals surface area contributed by atoms with Crippen LogP contribution in [0.5, 0.6) is 0 Å². The van der Waals surface area contributed by atoms with Crippen molar-refractivity contribution in [2.75, 3.05) is 13.1 Å². The zero-order valence-electron chi connectivity index (χ0n) is 11.7. The summed E-state index contributed by atoms with van der Waals surface area (Å²) < 4.78 is 0. The number of hydrogen-bond donors (Lipinski definition) is 3. The molecule has 5 N–H and O–H groups in total. The summed E-state index contributed by atoms with van der Waals surface area (Å²) in [5, 5.41) is 2.69. The Kier molecular flexibility index (Phi) is 5.30. The Morgan fingerprint density at radius 3 is 2.65 bits per heavy atom. The van der Waals surface area contributed by atoms with Crippen molar-refractivity contribution in [2.45, 2.75) is 13.8 Å². The lowest BCUT2D eigenvalue weighted by molar-refractivity contribution is -0.125. The van der Waals surface area contributed by atoms with Crippen LogP contribution >= 0.6 is 0 Å². The van der Waals surface area contributed by atoms with Gasteiger partial charge in [-0.05, 0) is 32.0 Å². The van der Waals surface area contributed by atoms with Gasteiger partial charge in [0.15, 0.2) is 0 Å². The SMILES string of the molecule is CC(C)(CNC(=O)c1cccc(C#CCN)c1)C(N)=O. The molecule has 1 aromatic carbocycles. The zero-order valence-corrected chi connectivity index (χ0v) is 11.7. The van der Waals surface area contributed by atoms with Crippen LogP contribution < -0.4 is 16.8 Å². The van der Waals surface area contributed by atoms with Crippen LogP contribution in [-0.2, 0) is 4.79 Å². The topological polar surface area (TPSA) is 98.2 Å². The quantitative estimate of drug-likeness (QED) is 0.685. The van der Waals surface area contributed by atoms with Gasteiger partial charge >= 0.3 is 0 Å². The molecule has 106 valence electrons. The first-order chi connectivity index (χ1) is 9.36. The Balaban J connectivity index is 2.76. The minimum atomic E-state index is -0.785. The number of benzene rings is 1. The monoisotopic (exact) mass is 273 g/mol. The lowest BCUT2D eigenvalue weighted by Crippen LogP contribution is -2.42. The molecule has 2 amide bonds. The molecule has 0 aliphatic rings. The molecule has 0 atom stereocenters. The standard InChI is InChI=1S/C15H19N3O2/c1-15(2,14(17)20)10-18-13(19)12-7-3-5-11(9-12)6-4-8-16/h3,5,7,9H,8,10,16H2,1-2H3,(H2,17,20)(H,18,19). The van der Waals surface area contributed by atoms with E-state index in [1.807, 2.05) is 0 Å². The minimum absolute atomic E-state index is 0.180. The highest BCUT2D eigenvalue weighted by atomic mass is 16.2. The summed E-state index contributed by atoms with van der Waals surface area (Å²) in [6, 6.07) is 6.90. The average Bonchev–Trinajstić information content (AvgIpc) is 2.42. The van der Waals surface area contributed by atoms with E-state index in [-0.39, 0.29) is 19.0 Å². The third-order valence-electron chi connectivity index (χ3n) is 2.82. The predicted molar refractivity (Wildman–Crippen MR) is 77.7 cm³/mol. The highest BCUT2D eigenvalue weighted by molar-refractivity contribution is 5.95. The molecule has 0 aromatic heterocycles. The lowest BCUT2D eigenvalue weighted by Gasteiger charge is -2.20. The predicted octanol–water partition coefficient (Wildman–Crippen LogP) is 0.238. The number of hydrogen-bond acceptors (Lipinski definition) is 3. The number of amides is 2. The molecular weight excluding hydrogens is 254 g/mol. The van der Waals surface area contributed by atoms with Gasteiger partial charge in [0.1, 0.15) is 0 Å². The zero-order chi connectivity index (χ0) is 15.2. The molecule has 0 saturated carbocycles. The number of rotatable bonds is 4. The Bertz CT molecular complexity index is 568. The molecule has 0 fully saturated rings. The van der Waals surface area contributed by atoms with Crippen LogP contribution in [-0.4, -0.2) is 24.9 Å². The van der Waals surface area contributed by atoms with Gasteiger partial charge in [-0.1, -0.05) is 17.9 Å². The minimum Gasteiger partial charge on any atom is -0.369 e.